The third kappa shape index (κ3) is 3.87. The van der Waals surface area contributed by atoms with Gasteiger partial charge in [0, 0.05) is 24.8 Å². The van der Waals surface area contributed by atoms with Gasteiger partial charge in [-0.1, -0.05) is 48.5 Å². The molecule has 40 heavy (non-hydrogen) atoms. The second-order valence-corrected chi connectivity index (χ2v) is 16.4. The monoisotopic (exact) mass is 553 g/mol. The number of allylic oxidation sites excluding steroid dienone is 1. The highest BCUT2D eigenvalue weighted by Gasteiger charge is 2.71. The van der Waals surface area contributed by atoms with E-state index in [2.05, 4.69) is 53.8 Å². The van der Waals surface area contributed by atoms with Crippen LogP contribution in [0.3, 0.4) is 0 Å². The van der Waals surface area contributed by atoms with E-state index in [4.69, 9.17) is 4.74 Å². The van der Waals surface area contributed by atoms with Crippen LogP contribution in [0.4, 0.5) is 0 Å². The van der Waals surface area contributed by atoms with Crippen molar-refractivity contribution in [1.82, 2.24) is 5.32 Å². The molecule has 4 fully saturated rings. The molecule has 0 radical (unpaired) electrons. The number of fused-ring (bicyclic) bond motifs is 7. The Kier molecular flexibility index (Phi) is 7.03. The number of ether oxygens (including phenoxy) is 1. The highest BCUT2D eigenvalue weighted by molar-refractivity contribution is 6.07. The Labute approximate surface area is 243 Å². The van der Waals surface area contributed by atoms with E-state index in [-0.39, 0.29) is 63.3 Å². The molecule has 3 unspecified atom stereocenters. The summed E-state index contributed by atoms with van der Waals surface area (Å²) in [6.45, 7) is 22.2. The minimum absolute atomic E-state index is 0.0163. The Morgan fingerprint density at radius 2 is 1.52 bits per heavy atom. The maximum atomic E-state index is 14.0. The van der Waals surface area contributed by atoms with Gasteiger partial charge in [-0.25, -0.2) is 0 Å². The van der Waals surface area contributed by atoms with Crippen molar-refractivity contribution in [2.45, 2.75) is 139 Å². The van der Waals surface area contributed by atoms with Gasteiger partial charge >= 0.3 is 5.97 Å². The molecule has 5 rings (SSSR count). The van der Waals surface area contributed by atoms with Gasteiger partial charge in [-0.05, 0) is 116 Å². The predicted octanol–water partition coefficient (Wildman–Crippen LogP) is 7.42. The molecule has 224 valence electrons. The highest BCUT2D eigenvalue weighted by atomic mass is 16.5. The molecule has 5 heteroatoms. The Morgan fingerprint density at radius 3 is 2.12 bits per heavy atom. The number of hydrogen-bond acceptors (Lipinski definition) is 4. The van der Waals surface area contributed by atoms with Crippen molar-refractivity contribution in [3.8, 4) is 0 Å². The van der Waals surface area contributed by atoms with Crippen LogP contribution in [0, 0.1) is 50.7 Å². The van der Waals surface area contributed by atoms with Gasteiger partial charge in [0.15, 0.2) is 5.78 Å². The topological polar surface area (TPSA) is 72.5 Å². The van der Waals surface area contributed by atoms with E-state index in [0.29, 0.717) is 18.3 Å². The lowest BCUT2D eigenvalue weighted by atomic mass is 9.33. The number of amides is 1. The van der Waals surface area contributed by atoms with E-state index in [1.807, 2.05) is 13.8 Å². The SMILES string of the molecule is CC(=O)O[C@H]1CC[C@@]2(C)C(CC[C@]3(C)C2CCC2C4=C(C(C)C)C(=O)C[C@]4(C(=O)NC(C)C)CC[C@]23C)C1(C)C. The quantitative estimate of drug-likeness (QED) is 0.368. The maximum absolute atomic E-state index is 14.0. The molecule has 0 aromatic carbocycles. The first-order chi connectivity index (χ1) is 18.5. The van der Waals surface area contributed by atoms with Gasteiger partial charge < -0.3 is 10.1 Å². The molecule has 5 aliphatic rings. The number of Topliss-reactive ketones (excluding diaryl/α,β-unsaturated/α-hetero) is 1. The molecule has 5 nitrogen and oxygen atoms in total. The van der Waals surface area contributed by atoms with Gasteiger partial charge in [-0.3, -0.25) is 14.4 Å². The van der Waals surface area contributed by atoms with Crippen LogP contribution >= 0.6 is 0 Å². The van der Waals surface area contributed by atoms with E-state index < -0.39 is 5.41 Å². The lowest BCUT2D eigenvalue weighted by Crippen LogP contribution is -2.66. The van der Waals surface area contributed by atoms with Crippen molar-refractivity contribution < 1.29 is 19.1 Å². The minimum atomic E-state index is -0.667. The number of nitrogens with one attached hydrogen (secondary N) is 1. The number of hydrogen-bond donors (Lipinski definition) is 1. The van der Waals surface area contributed by atoms with Gasteiger partial charge in [0.1, 0.15) is 6.10 Å². The van der Waals surface area contributed by atoms with Crippen molar-refractivity contribution in [2.24, 2.45) is 50.7 Å². The zero-order chi connectivity index (χ0) is 29.6. The van der Waals surface area contributed by atoms with Crippen LogP contribution in [0.2, 0.25) is 0 Å². The fraction of sp³-hybridized carbons (Fsp3) is 0.857. The molecule has 0 heterocycles. The summed E-state index contributed by atoms with van der Waals surface area (Å²) >= 11 is 0. The molecule has 0 aromatic rings. The fourth-order valence-corrected chi connectivity index (χ4v) is 11.7. The molecule has 1 amide bonds. The van der Waals surface area contributed by atoms with E-state index in [1.54, 1.807) is 6.92 Å². The van der Waals surface area contributed by atoms with Crippen molar-refractivity contribution in [3.05, 3.63) is 11.1 Å². The molecule has 4 saturated carbocycles. The summed E-state index contributed by atoms with van der Waals surface area (Å²) in [6.07, 6.45) is 8.64. The van der Waals surface area contributed by atoms with E-state index in [1.165, 1.54) is 5.57 Å². The number of ketones is 1. The van der Waals surface area contributed by atoms with E-state index in [0.717, 1.165) is 56.9 Å². The molecule has 1 N–H and O–H groups in total. The number of esters is 1. The van der Waals surface area contributed by atoms with E-state index in [9.17, 15) is 14.4 Å². The molecule has 0 saturated heterocycles. The van der Waals surface area contributed by atoms with Crippen LogP contribution < -0.4 is 5.32 Å². The largest absolute Gasteiger partial charge is 0.462 e. The van der Waals surface area contributed by atoms with Crippen molar-refractivity contribution >= 4 is 17.7 Å². The molecule has 8 atom stereocenters. The molecule has 5 aliphatic carbocycles. The van der Waals surface area contributed by atoms with Crippen LogP contribution in [0.5, 0.6) is 0 Å². The average molecular weight is 554 g/mol. The second-order valence-electron chi connectivity index (χ2n) is 16.4. The van der Waals surface area contributed by atoms with Crippen LogP contribution in [0.15, 0.2) is 11.1 Å². The van der Waals surface area contributed by atoms with Gasteiger partial charge in [0.2, 0.25) is 5.91 Å². The number of rotatable bonds is 4. The summed E-state index contributed by atoms with van der Waals surface area (Å²) in [5.74, 6) is 1.62. The minimum Gasteiger partial charge on any atom is -0.462 e. The van der Waals surface area contributed by atoms with Crippen LogP contribution in [-0.4, -0.2) is 29.8 Å². The molecular formula is C35H55NO4. The fourth-order valence-electron chi connectivity index (χ4n) is 11.7. The van der Waals surface area contributed by atoms with Crippen molar-refractivity contribution in [2.75, 3.05) is 0 Å². The number of carbonyl (C=O) groups is 3. The van der Waals surface area contributed by atoms with Gasteiger partial charge in [0.25, 0.3) is 0 Å². The van der Waals surface area contributed by atoms with Crippen molar-refractivity contribution in [3.63, 3.8) is 0 Å². The van der Waals surface area contributed by atoms with Crippen LogP contribution in [0.25, 0.3) is 0 Å². The van der Waals surface area contributed by atoms with Gasteiger partial charge in [-0.2, -0.15) is 0 Å². The molecule has 0 spiro atoms. The normalized spacial score (nSPS) is 44.0. The molecule has 0 aliphatic heterocycles. The second kappa shape index (κ2) is 9.43. The third-order valence-corrected chi connectivity index (χ3v) is 13.5. The smallest absolute Gasteiger partial charge is 0.302 e. The molecule has 0 aromatic heterocycles. The highest BCUT2D eigenvalue weighted by Crippen LogP contribution is 2.76. The lowest BCUT2D eigenvalue weighted by molar-refractivity contribution is -0.232. The summed E-state index contributed by atoms with van der Waals surface area (Å²) in [6, 6.07) is 0.0589. The zero-order valence-corrected chi connectivity index (χ0v) is 27.0. The van der Waals surface area contributed by atoms with Crippen molar-refractivity contribution in [1.29, 1.82) is 0 Å². The van der Waals surface area contributed by atoms with Crippen LogP contribution in [-0.2, 0) is 19.1 Å². The summed E-state index contributed by atoms with van der Waals surface area (Å²) in [4.78, 5) is 39.6. The maximum Gasteiger partial charge on any atom is 0.302 e. The van der Waals surface area contributed by atoms with E-state index >= 15 is 0 Å². The molecule has 0 bridgehead atoms. The zero-order valence-electron chi connectivity index (χ0n) is 27.0. The Hall–Kier alpha value is -1.65. The summed E-state index contributed by atoms with van der Waals surface area (Å²) in [5.41, 5.74) is 1.84. The third-order valence-electron chi connectivity index (χ3n) is 13.5. The van der Waals surface area contributed by atoms with Gasteiger partial charge in [0.05, 0.1) is 5.41 Å². The average Bonchev–Trinajstić information content (AvgIpc) is 3.14. The number of carbonyl (C=O) groups excluding carboxylic acids is 3. The lowest BCUT2D eigenvalue weighted by Gasteiger charge is -2.72. The Morgan fingerprint density at radius 1 is 0.850 bits per heavy atom. The first kappa shape index (κ1) is 29.8. The Bertz CT molecular complexity index is 1130. The summed E-state index contributed by atoms with van der Waals surface area (Å²) < 4.78 is 5.90. The predicted molar refractivity (Wildman–Crippen MR) is 158 cm³/mol. The summed E-state index contributed by atoms with van der Waals surface area (Å²) in [5, 5.41) is 3.24. The standard InChI is InChI=1S/C35H55NO4/c1-20(2)28-24(38)19-35(30(39)36-21(3)4)18-17-33(9)23(29(28)35)11-12-26-32(8)15-14-27(40-22(5)37)31(6,7)25(32)13-16-34(26,33)10/h20-21,23,25-27H,11-19H2,1-10H3,(H,36,39)/t23?,25?,26?,27-,32-,33+,34+,35+/m0/s1. The first-order valence-corrected chi connectivity index (χ1v) is 16.2. The van der Waals surface area contributed by atoms with Crippen LogP contribution in [0.1, 0.15) is 127 Å². The summed E-state index contributed by atoms with van der Waals surface area (Å²) in [7, 11) is 0. The first-order valence-electron chi connectivity index (χ1n) is 16.2. The van der Waals surface area contributed by atoms with Gasteiger partial charge in [-0.15, -0.1) is 0 Å². The molecular weight excluding hydrogens is 498 g/mol. The Balaban J connectivity index is 1.56.